The van der Waals surface area contributed by atoms with Gasteiger partial charge in [-0.2, -0.15) is 0 Å². The predicted molar refractivity (Wildman–Crippen MR) is 103 cm³/mol. The maximum atomic E-state index is 13.0. The molecular weight excluding hydrogens is 380 g/mol. The number of likely N-dealkylation sites (tertiary alicyclic amines) is 2. The van der Waals surface area contributed by atoms with Gasteiger partial charge >= 0.3 is 6.09 Å². The predicted octanol–water partition coefficient (Wildman–Crippen LogP) is 2.00. The van der Waals surface area contributed by atoms with Crippen LogP contribution in [0.25, 0.3) is 10.2 Å². The summed E-state index contributed by atoms with van der Waals surface area (Å²) in [5, 5.41) is 9.90. The summed E-state index contributed by atoms with van der Waals surface area (Å²) in [6, 6.07) is 6.83. The molecule has 0 spiro atoms. The molecule has 5 rings (SSSR count). The summed E-state index contributed by atoms with van der Waals surface area (Å²) in [5.41, 5.74) is 0.865. The second-order valence-electron chi connectivity index (χ2n) is 7.62. The molecule has 0 unspecified atom stereocenters. The first-order valence-electron chi connectivity index (χ1n) is 9.46. The molecule has 8 nitrogen and oxygen atoms in total. The molecule has 0 saturated carbocycles. The lowest BCUT2D eigenvalue weighted by Crippen LogP contribution is -2.60. The second-order valence-corrected chi connectivity index (χ2v) is 8.63. The van der Waals surface area contributed by atoms with E-state index in [9.17, 15) is 19.5 Å². The number of aromatic nitrogens is 1. The Labute approximate surface area is 165 Å². The minimum Gasteiger partial charge on any atom is -0.465 e. The molecule has 9 heteroatoms. The van der Waals surface area contributed by atoms with Crippen LogP contribution in [0.3, 0.4) is 0 Å². The van der Waals surface area contributed by atoms with Gasteiger partial charge in [-0.1, -0.05) is 30.4 Å². The third-order valence-corrected chi connectivity index (χ3v) is 7.25. The molecule has 4 heterocycles. The Bertz CT molecular complexity index is 958. The number of carboxylic acid groups (broad SMARTS) is 1. The molecule has 3 aliphatic rings. The molecule has 0 bridgehead atoms. The topological polar surface area (TPSA) is 94.1 Å². The molecule has 3 fully saturated rings. The molecular formula is C19H20N4O4S. The Morgan fingerprint density at radius 1 is 1.18 bits per heavy atom. The van der Waals surface area contributed by atoms with Crippen molar-refractivity contribution in [3.8, 4) is 0 Å². The number of anilines is 1. The van der Waals surface area contributed by atoms with E-state index in [1.165, 1.54) is 16.2 Å². The summed E-state index contributed by atoms with van der Waals surface area (Å²) >= 11 is 1.49. The minimum absolute atomic E-state index is 0.0183. The van der Waals surface area contributed by atoms with Gasteiger partial charge in [-0.05, 0) is 25.0 Å². The van der Waals surface area contributed by atoms with Crippen molar-refractivity contribution in [1.82, 2.24) is 14.8 Å². The van der Waals surface area contributed by atoms with Crippen molar-refractivity contribution < 1.29 is 19.5 Å². The van der Waals surface area contributed by atoms with Crippen LogP contribution < -0.4 is 4.90 Å². The molecule has 4 atom stereocenters. The van der Waals surface area contributed by atoms with Crippen LogP contribution in [0, 0.1) is 5.92 Å². The first-order chi connectivity index (χ1) is 13.5. The highest BCUT2D eigenvalue weighted by atomic mass is 32.1. The van der Waals surface area contributed by atoms with Crippen LogP contribution in [-0.2, 0) is 9.59 Å². The summed E-state index contributed by atoms with van der Waals surface area (Å²) < 4.78 is 1.03. The number of benzene rings is 1. The van der Waals surface area contributed by atoms with Crippen LogP contribution in [0.5, 0.6) is 0 Å². The average molecular weight is 400 g/mol. The lowest BCUT2D eigenvalue weighted by Gasteiger charge is -2.40. The zero-order valence-electron chi connectivity index (χ0n) is 15.3. The first-order valence-corrected chi connectivity index (χ1v) is 10.3. The van der Waals surface area contributed by atoms with E-state index in [2.05, 4.69) is 4.98 Å². The molecule has 28 heavy (non-hydrogen) atoms. The van der Waals surface area contributed by atoms with Crippen molar-refractivity contribution in [3.05, 3.63) is 24.3 Å². The van der Waals surface area contributed by atoms with E-state index in [1.807, 2.05) is 31.2 Å². The Morgan fingerprint density at radius 2 is 1.93 bits per heavy atom. The highest BCUT2D eigenvalue weighted by molar-refractivity contribution is 7.22. The fraction of sp³-hybridized carbons (Fsp3) is 0.474. The van der Waals surface area contributed by atoms with E-state index in [-0.39, 0.29) is 29.8 Å². The lowest BCUT2D eigenvalue weighted by molar-refractivity contribution is -0.142. The highest BCUT2D eigenvalue weighted by Gasteiger charge is 2.56. The number of hydrogen-bond acceptors (Lipinski definition) is 5. The Balaban J connectivity index is 1.43. The molecule has 3 saturated heterocycles. The van der Waals surface area contributed by atoms with E-state index in [1.54, 1.807) is 9.80 Å². The van der Waals surface area contributed by atoms with Crippen molar-refractivity contribution >= 4 is 44.6 Å². The number of nitrogens with zero attached hydrogens (tertiary/aromatic N) is 4. The number of hydrogen-bond donors (Lipinski definition) is 1. The zero-order valence-corrected chi connectivity index (χ0v) is 16.1. The maximum absolute atomic E-state index is 13.0. The third-order valence-electron chi connectivity index (χ3n) is 6.21. The van der Waals surface area contributed by atoms with Gasteiger partial charge in [-0.25, -0.2) is 9.78 Å². The van der Waals surface area contributed by atoms with E-state index in [4.69, 9.17) is 0 Å². The van der Waals surface area contributed by atoms with E-state index in [0.29, 0.717) is 31.1 Å². The number of amides is 3. The SMILES string of the molecule is C[C@@H]1C(=O)N(c2nc3ccccc3s2)[C@H]2CCN(C(=O)[C@@H]3CCN3C(=O)O)[C@H]12. The Kier molecular flexibility index (Phi) is 3.84. The fourth-order valence-corrected chi connectivity index (χ4v) is 5.76. The molecule has 2 aromatic rings. The molecule has 146 valence electrons. The van der Waals surface area contributed by atoms with Crippen LogP contribution in [-0.4, -0.2) is 69.0 Å². The minimum atomic E-state index is -1.06. The highest BCUT2D eigenvalue weighted by Crippen LogP contribution is 2.42. The van der Waals surface area contributed by atoms with Crippen molar-refractivity contribution in [2.75, 3.05) is 18.0 Å². The van der Waals surface area contributed by atoms with Crippen LogP contribution >= 0.6 is 11.3 Å². The molecule has 3 amide bonds. The van der Waals surface area contributed by atoms with Crippen molar-refractivity contribution in [2.24, 2.45) is 5.92 Å². The van der Waals surface area contributed by atoms with E-state index >= 15 is 0 Å². The zero-order chi connectivity index (χ0) is 19.6. The third kappa shape index (κ3) is 2.35. The second kappa shape index (κ2) is 6.16. The molecule has 1 N–H and O–H groups in total. The number of carbonyl (C=O) groups excluding carboxylic acids is 2. The van der Waals surface area contributed by atoms with Gasteiger partial charge in [0.25, 0.3) is 0 Å². The molecule has 3 aliphatic heterocycles. The standard InChI is InChI=1S/C19H20N4O4S/c1-10-15-12(6-9-22(15)17(25)13-7-8-21(13)19(26)27)23(16(10)24)18-20-11-4-2-3-5-14(11)28-18/h2-5,10,12-13,15H,6-9H2,1H3,(H,26,27)/t10-,12-,13-,15+/m0/s1. The van der Waals surface area contributed by atoms with Gasteiger partial charge in [0.2, 0.25) is 11.8 Å². The van der Waals surface area contributed by atoms with E-state index < -0.39 is 12.1 Å². The number of thiazole rings is 1. The van der Waals surface area contributed by atoms with Crippen molar-refractivity contribution in [1.29, 1.82) is 0 Å². The van der Waals surface area contributed by atoms with Crippen LogP contribution in [0.2, 0.25) is 0 Å². The van der Waals surface area contributed by atoms with Crippen LogP contribution in [0.15, 0.2) is 24.3 Å². The molecule has 1 aromatic heterocycles. The largest absolute Gasteiger partial charge is 0.465 e. The van der Waals surface area contributed by atoms with Gasteiger partial charge in [0.15, 0.2) is 5.13 Å². The maximum Gasteiger partial charge on any atom is 0.407 e. The van der Waals surface area contributed by atoms with Gasteiger partial charge < -0.3 is 10.0 Å². The smallest absolute Gasteiger partial charge is 0.407 e. The van der Waals surface area contributed by atoms with Gasteiger partial charge in [0.1, 0.15) is 6.04 Å². The quantitative estimate of drug-likeness (QED) is 0.832. The summed E-state index contributed by atoms with van der Waals surface area (Å²) in [6.45, 7) is 2.78. The number of para-hydroxylation sites is 1. The molecule has 0 aliphatic carbocycles. The summed E-state index contributed by atoms with van der Waals surface area (Å²) in [5.74, 6) is -0.524. The monoisotopic (exact) mass is 400 g/mol. The van der Waals surface area contributed by atoms with Crippen LogP contribution in [0.1, 0.15) is 19.8 Å². The Hall–Kier alpha value is -2.68. The average Bonchev–Trinajstić information content (AvgIpc) is 3.28. The first kappa shape index (κ1) is 17.4. The number of rotatable bonds is 2. The normalized spacial score (nSPS) is 29.3. The van der Waals surface area contributed by atoms with Crippen molar-refractivity contribution in [3.63, 3.8) is 0 Å². The van der Waals surface area contributed by atoms with Crippen LogP contribution in [0.4, 0.5) is 9.93 Å². The Morgan fingerprint density at radius 3 is 2.61 bits per heavy atom. The fourth-order valence-electron chi connectivity index (χ4n) is 4.73. The summed E-state index contributed by atoms with van der Waals surface area (Å²) in [6.07, 6.45) is 0.164. The number of fused-ring (bicyclic) bond motifs is 2. The van der Waals surface area contributed by atoms with Gasteiger partial charge in [-0.15, -0.1) is 0 Å². The van der Waals surface area contributed by atoms with Gasteiger partial charge in [-0.3, -0.25) is 19.4 Å². The van der Waals surface area contributed by atoms with Crippen molar-refractivity contribution in [2.45, 2.75) is 37.9 Å². The number of carbonyl (C=O) groups is 3. The summed E-state index contributed by atoms with van der Waals surface area (Å²) in [7, 11) is 0. The van der Waals surface area contributed by atoms with Gasteiger partial charge in [0.05, 0.1) is 28.2 Å². The van der Waals surface area contributed by atoms with E-state index in [0.717, 1.165) is 10.2 Å². The molecule has 1 aromatic carbocycles. The van der Waals surface area contributed by atoms with Gasteiger partial charge in [0, 0.05) is 13.1 Å². The lowest BCUT2D eigenvalue weighted by atomic mass is 9.98. The molecule has 0 radical (unpaired) electrons. The summed E-state index contributed by atoms with van der Waals surface area (Å²) in [4.78, 5) is 46.6.